The number of H-pyrrole nitrogens is 1. The molecule has 1 saturated carbocycles. The number of nitrogens with one attached hydrogen (secondary N) is 2. The quantitative estimate of drug-likeness (QED) is 0.751. The van der Waals surface area contributed by atoms with Crippen LogP contribution in [0.15, 0.2) is 24.3 Å². The molecule has 2 aromatic rings. The number of carbonyl (C=O) groups is 1. The Kier molecular flexibility index (Phi) is 3.38. The predicted octanol–water partition coefficient (Wildman–Crippen LogP) is 2.92. The highest BCUT2D eigenvalue weighted by molar-refractivity contribution is 6.00. The van der Waals surface area contributed by atoms with Gasteiger partial charge in [0.2, 0.25) is 0 Å². The number of fused-ring (bicyclic) bond motifs is 1. The van der Waals surface area contributed by atoms with Crippen LogP contribution in [-0.2, 0) is 0 Å². The van der Waals surface area contributed by atoms with Crippen molar-refractivity contribution in [2.45, 2.75) is 26.2 Å². The largest absolute Gasteiger partial charge is 0.397 e. The first kappa shape index (κ1) is 13.0. The van der Waals surface area contributed by atoms with Crippen LogP contribution in [0.2, 0.25) is 0 Å². The van der Waals surface area contributed by atoms with Crippen LogP contribution in [-0.4, -0.2) is 17.4 Å². The normalized spacial score (nSPS) is 22.2. The van der Waals surface area contributed by atoms with Gasteiger partial charge in [-0.15, -0.1) is 0 Å². The summed E-state index contributed by atoms with van der Waals surface area (Å²) < 4.78 is 0. The summed E-state index contributed by atoms with van der Waals surface area (Å²) in [6.45, 7) is 3.05. The van der Waals surface area contributed by atoms with Crippen LogP contribution in [0.5, 0.6) is 0 Å². The van der Waals surface area contributed by atoms with Gasteiger partial charge in [0.05, 0.1) is 11.2 Å². The molecule has 1 aromatic carbocycles. The van der Waals surface area contributed by atoms with E-state index in [4.69, 9.17) is 5.73 Å². The molecule has 1 heterocycles. The average Bonchev–Trinajstić information content (AvgIpc) is 3.03. The lowest BCUT2D eigenvalue weighted by Crippen LogP contribution is -2.28. The summed E-state index contributed by atoms with van der Waals surface area (Å²) in [5.74, 6) is 1.38. The van der Waals surface area contributed by atoms with Crippen molar-refractivity contribution in [3.8, 4) is 0 Å². The molecule has 2 atom stereocenters. The minimum Gasteiger partial charge on any atom is -0.397 e. The second-order valence-electron chi connectivity index (χ2n) is 5.99. The van der Waals surface area contributed by atoms with Crippen LogP contribution < -0.4 is 11.1 Å². The number of para-hydroxylation sites is 1. The average molecular weight is 271 g/mol. The van der Waals surface area contributed by atoms with Crippen LogP contribution in [0, 0.1) is 11.8 Å². The molecule has 1 aliphatic rings. The number of nitrogens with two attached hydrogens (primary N) is 1. The number of hydrogen-bond acceptors (Lipinski definition) is 2. The van der Waals surface area contributed by atoms with Gasteiger partial charge in [-0.1, -0.05) is 25.5 Å². The van der Waals surface area contributed by atoms with Crippen LogP contribution in [0.4, 0.5) is 5.69 Å². The molecule has 1 aromatic heterocycles. The molecule has 1 aliphatic carbocycles. The Bertz CT molecular complexity index is 632. The number of anilines is 1. The number of hydrogen-bond donors (Lipinski definition) is 3. The van der Waals surface area contributed by atoms with E-state index in [0.29, 0.717) is 17.3 Å². The molecule has 0 spiro atoms. The molecule has 4 N–H and O–H groups in total. The van der Waals surface area contributed by atoms with Crippen molar-refractivity contribution in [2.24, 2.45) is 11.8 Å². The molecule has 0 aliphatic heterocycles. The molecule has 20 heavy (non-hydrogen) atoms. The number of benzene rings is 1. The van der Waals surface area contributed by atoms with Crippen molar-refractivity contribution in [1.29, 1.82) is 0 Å². The van der Waals surface area contributed by atoms with Gasteiger partial charge in [-0.3, -0.25) is 4.79 Å². The highest BCUT2D eigenvalue weighted by Crippen LogP contribution is 2.29. The van der Waals surface area contributed by atoms with E-state index in [-0.39, 0.29) is 5.91 Å². The van der Waals surface area contributed by atoms with E-state index in [1.807, 2.05) is 24.3 Å². The SMILES string of the molecule is CC1CCC(CNC(=O)c2cc3cccc(N)c3[nH]2)C1. The summed E-state index contributed by atoms with van der Waals surface area (Å²) in [6, 6.07) is 7.55. The Hall–Kier alpha value is -1.97. The van der Waals surface area contributed by atoms with Crippen molar-refractivity contribution >= 4 is 22.5 Å². The summed E-state index contributed by atoms with van der Waals surface area (Å²) >= 11 is 0. The highest BCUT2D eigenvalue weighted by atomic mass is 16.1. The van der Waals surface area contributed by atoms with Crippen LogP contribution in [0.1, 0.15) is 36.7 Å². The van der Waals surface area contributed by atoms with Gasteiger partial charge < -0.3 is 16.0 Å². The third-order valence-electron chi connectivity index (χ3n) is 4.29. The number of aromatic amines is 1. The standard InChI is InChI=1S/C16H21N3O/c1-10-5-6-11(7-10)9-18-16(20)14-8-12-3-2-4-13(17)15(12)19-14/h2-4,8,10-11,19H,5-7,9,17H2,1H3,(H,18,20). The maximum Gasteiger partial charge on any atom is 0.267 e. The monoisotopic (exact) mass is 271 g/mol. The lowest BCUT2D eigenvalue weighted by atomic mass is 10.1. The summed E-state index contributed by atoms with van der Waals surface area (Å²) in [7, 11) is 0. The van der Waals surface area contributed by atoms with Crippen molar-refractivity contribution in [1.82, 2.24) is 10.3 Å². The Morgan fingerprint density at radius 3 is 3.00 bits per heavy atom. The molecule has 2 unspecified atom stereocenters. The Labute approximate surface area is 118 Å². The van der Waals surface area contributed by atoms with E-state index >= 15 is 0 Å². The molecule has 106 valence electrons. The van der Waals surface area contributed by atoms with E-state index in [1.165, 1.54) is 19.3 Å². The smallest absolute Gasteiger partial charge is 0.267 e. The molecule has 1 amide bonds. The Morgan fingerprint density at radius 2 is 2.30 bits per heavy atom. The van der Waals surface area contributed by atoms with Gasteiger partial charge >= 0.3 is 0 Å². The fraction of sp³-hybridized carbons (Fsp3) is 0.438. The molecule has 0 radical (unpaired) electrons. The fourth-order valence-corrected chi connectivity index (χ4v) is 3.14. The first-order valence-electron chi connectivity index (χ1n) is 7.29. The topological polar surface area (TPSA) is 70.9 Å². The number of nitrogen functional groups attached to an aromatic ring is 1. The second kappa shape index (κ2) is 5.19. The summed E-state index contributed by atoms with van der Waals surface area (Å²) in [4.78, 5) is 15.3. The van der Waals surface area contributed by atoms with Crippen LogP contribution >= 0.6 is 0 Å². The minimum atomic E-state index is -0.0415. The first-order valence-corrected chi connectivity index (χ1v) is 7.29. The van der Waals surface area contributed by atoms with E-state index in [2.05, 4.69) is 17.2 Å². The van der Waals surface area contributed by atoms with Gasteiger partial charge in [0.1, 0.15) is 5.69 Å². The molecule has 0 saturated heterocycles. The van der Waals surface area contributed by atoms with Crippen LogP contribution in [0.25, 0.3) is 10.9 Å². The van der Waals surface area contributed by atoms with Gasteiger partial charge in [-0.05, 0) is 36.8 Å². The van der Waals surface area contributed by atoms with Gasteiger partial charge in [0.15, 0.2) is 0 Å². The van der Waals surface area contributed by atoms with Gasteiger partial charge in [-0.2, -0.15) is 0 Å². The van der Waals surface area contributed by atoms with E-state index in [9.17, 15) is 4.79 Å². The van der Waals surface area contributed by atoms with Crippen molar-refractivity contribution in [3.63, 3.8) is 0 Å². The van der Waals surface area contributed by atoms with Gasteiger partial charge in [0, 0.05) is 11.9 Å². The predicted molar refractivity (Wildman–Crippen MR) is 81.5 cm³/mol. The third kappa shape index (κ3) is 2.50. The van der Waals surface area contributed by atoms with E-state index in [1.54, 1.807) is 0 Å². The van der Waals surface area contributed by atoms with E-state index in [0.717, 1.165) is 23.4 Å². The Balaban J connectivity index is 1.68. The molecule has 1 fully saturated rings. The third-order valence-corrected chi connectivity index (χ3v) is 4.29. The summed E-state index contributed by atoms with van der Waals surface area (Å²) in [5.41, 5.74) is 7.99. The highest BCUT2D eigenvalue weighted by Gasteiger charge is 2.22. The zero-order chi connectivity index (χ0) is 14.1. The van der Waals surface area contributed by atoms with Crippen molar-refractivity contribution < 1.29 is 4.79 Å². The maximum atomic E-state index is 12.2. The van der Waals surface area contributed by atoms with Gasteiger partial charge in [-0.25, -0.2) is 0 Å². The Morgan fingerprint density at radius 1 is 1.45 bits per heavy atom. The molecular weight excluding hydrogens is 250 g/mol. The zero-order valence-electron chi connectivity index (χ0n) is 11.8. The maximum absolute atomic E-state index is 12.2. The van der Waals surface area contributed by atoms with Crippen molar-refractivity contribution in [3.05, 3.63) is 30.0 Å². The molecule has 4 heteroatoms. The van der Waals surface area contributed by atoms with Gasteiger partial charge in [0.25, 0.3) is 5.91 Å². The number of carbonyl (C=O) groups excluding carboxylic acids is 1. The first-order chi connectivity index (χ1) is 9.63. The second-order valence-corrected chi connectivity index (χ2v) is 5.99. The lowest BCUT2D eigenvalue weighted by Gasteiger charge is -2.10. The molecule has 3 rings (SSSR count). The molecule has 4 nitrogen and oxygen atoms in total. The molecular formula is C16H21N3O. The number of aromatic nitrogens is 1. The van der Waals surface area contributed by atoms with Crippen LogP contribution in [0.3, 0.4) is 0 Å². The minimum absolute atomic E-state index is 0.0415. The lowest BCUT2D eigenvalue weighted by molar-refractivity contribution is 0.0943. The van der Waals surface area contributed by atoms with E-state index < -0.39 is 0 Å². The fourth-order valence-electron chi connectivity index (χ4n) is 3.14. The number of rotatable bonds is 3. The van der Waals surface area contributed by atoms with Crippen molar-refractivity contribution in [2.75, 3.05) is 12.3 Å². The summed E-state index contributed by atoms with van der Waals surface area (Å²) in [6.07, 6.45) is 3.73. The summed E-state index contributed by atoms with van der Waals surface area (Å²) in [5, 5.41) is 4.01. The molecule has 0 bridgehead atoms. The number of amides is 1. The zero-order valence-corrected chi connectivity index (χ0v) is 11.8.